The van der Waals surface area contributed by atoms with Crippen LogP contribution in [0.25, 0.3) is 0 Å². The van der Waals surface area contributed by atoms with Crippen molar-refractivity contribution in [3.05, 3.63) is 0 Å². The third kappa shape index (κ3) is 10.5. The van der Waals surface area contributed by atoms with Gasteiger partial charge in [-0.1, -0.05) is 33.1 Å². The second-order valence-electron chi connectivity index (χ2n) is 5.00. The van der Waals surface area contributed by atoms with Gasteiger partial charge in [0, 0.05) is 19.6 Å². The molecule has 5 nitrogen and oxygen atoms in total. The molecule has 0 aliphatic heterocycles. The first-order valence-corrected chi connectivity index (χ1v) is 7.15. The van der Waals surface area contributed by atoms with Gasteiger partial charge >= 0.3 is 11.9 Å². The molecule has 0 spiro atoms. The smallest absolute Gasteiger partial charge is 0.304 e. The van der Waals surface area contributed by atoms with E-state index in [0.29, 0.717) is 19.0 Å². The lowest BCUT2D eigenvalue weighted by atomic mass is 9.98. The minimum absolute atomic E-state index is 0.0732. The zero-order valence-corrected chi connectivity index (χ0v) is 12.1. The average molecular weight is 273 g/mol. The predicted octanol–water partition coefficient (Wildman–Crippen LogP) is 2.45. The Morgan fingerprint density at radius 2 is 1.58 bits per heavy atom. The summed E-state index contributed by atoms with van der Waals surface area (Å²) in [6, 6.07) is 0. The van der Waals surface area contributed by atoms with Crippen molar-refractivity contribution in [2.24, 2.45) is 5.92 Å². The predicted molar refractivity (Wildman–Crippen MR) is 74.3 cm³/mol. The largest absolute Gasteiger partial charge is 0.481 e. The van der Waals surface area contributed by atoms with E-state index in [-0.39, 0.29) is 12.8 Å². The summed E-state index contributed by atoms with van der Waals surface area (Å²) in [5.74, 6) is -1.13. The summed E-state index contributed by atoms with van der Waals surface area (Å²) in [6.45, 7) is 5.96. The van der Waals surface area contributed by atoms with Crippen molar-refractivity contribution < 1.29 is 19.8 Å². The zero-order chi connectivity index (χ0) is 14.7. The molecule has 0 aromatic carbocycles. The minimum Gasteiger partial charge on any atom is -0.481 e. The molecular formula is C14H27NO4. The summed E-state index contributed by atoms with van der Waals surface area (Å²) in [7, 11) is 0. The van der Waals surface area contributed by atoms with Crippen molar-refractivity contribution in [3.8, 4) is 0 Å². The maximum atomic E-state index is 10.6. The number of hydrogen-bond donors (Lipinski definition) is 2. The summed E-state index contributed by atoms with van der Waals surface area (Å²) < 4.78 is 0. The van der Waals surface area contributed by atoms with E-state index in [0.717, 1.165) is 25.8 Å². The molecular weight excluding hydrogens is 246 g/mol. The summed E-state index contributed by atoms with van der Waals surface area (Å²) in [6.07, 6.45) is 4.65. The third-order valence-corrected chi connectivity index (χ3v) is 3.34. The van der Waals surface area contributed by atoms with Crippen LogP contribution in [0.2, 0.25) is 0 Å². The molecule has 0 heterocycles. The van der Waals surface area contributed by atoms with Crippen LogP contribution in [0, 0.1) is 5.92 Å². The maximum Gasteiger partial charge on any atom is 0.304 e. The Bertz CT molecular complexity index is 250. The van der Waals surface area contributed by atoms with Crippen LogP contribution in [0.5, 0.6) is 0 Å². The topological polar surface area (TPSA) is 77.8 Å². The number of rotatable bonds is 12. The lowest BCUT2D eigenvalue weighted by Gasteiger charge is -2.26. The molecule has 0 aliphatic carbocycles. The number of hydrogen-bond acceptors (Lipinski definition) is 3. The van der Waals surface area contributed by atoms with Gasteiger partial charge in [-0.2, -0.15) is 0 Å². The van der Waals surface area contributed by atoms with E-state index in [9.17, 15) is 9.59 Å². The Morgan fingerprint density at radius 1 is 1.05 bits per heavy atom. The second-order valence-corrected chi connectivity index (χ2v) is 5.00. The van der Waals surface area contributed by atoms with Gasteiger partial charge in [-0.05, 0) is 12.3 Å². The van der Waals surface area contributed by atoms with Gasteiger partial charge in [0.05, 0.1) is 12.8 Å². The van der Waals surface area contributed by atoms with Gasteiger partial charge in [-0.3, -0.25) is 9.59 Å². The van der Waals surface area contributed by atoms with E-state index in [1.807, 2.05) is 4.90 Å². The highest BCUT2D eigenvalue weighted by atomic mass is 16.4. The fraction of sp³-hybridized carbons (Fsp3) is 0.857. The quantitative estimate of drug-likeness (QED) is 0.571. The molecule has 5 heteroatoms. The average Bonchev–Trinajstić information content (AvgIpc) is 2.36. The molecule has 19 heavy (non-hydrogen) atoms. The lowest BCUT2D eigenvalue weighted by molar-refractivity contribution is -0.137. The molecule has 0 unspecified atom stereocenters. The van der Waals surface area contributed by atoms with Crippen LogP contribution in [0.3, 0.4) is 0 Å². The van der Waals surface area contributed by atoms with Gasteiger partial charge in [-0.25, -0.2) is 0 Å². The number of unbranched alkanes of at least 4 members (excludes halogenated alkanes) is 1. The summed E-state index contributed by atoms with van der Waals surface area (Å²) >= 11 is 0. The number of nitrogens with zero attached hydrogens (tertiary/aromatic N) is 1. The molecule has 112 valence electrons. The van der Waals surface area contributed by atoms with Gasteiger partial charge in [0.25, 0.3) is 0 Å². The standard InChI is InChI=1S/C14H27NO4/c1-3-5-6-12(4-2)11-15(9-7-13(16)17)10-8-14(18)19/h12H,3-11H2,1-2H3,(H,16,17)(H,18,19)/t12-/m1/s1. The van der Waals surface area contributed by atoms with Gasteiger partial charge in [0.2, 0.25) is 0 Å². The van der Waals surface area contributed by atoms with E-state index in [4.69, 9.17) is 10.2 Å². The van der Waals surface area contributed by atoms with Gasteiger partial charge < -0.3 is 15.1 Å². The Morgan fingerprint density at radius 3 is 1.95 bits per heavy atom. The van der Waals surface area contributed by atoms with E-state index in [1.165, 1.54) is 6.42 Å². The molecule has 0 rings (SSSR count). The Labute approximate surface area is 115 Å². The number of aliphatic carboxylic acids is 2. The van der Waals surface area contributed by atoms with Crippen LogP contribution in [-0.4, -0.2) is 46.7 Å². The Kier molecular flexibility index (Phi) is 10.2. The second kappa shape index (κ2) is 10.8. The third-order valence-electron chi connectivity index (χ3n) is 3.34. The molecule has 0 aromatic heterocycles. The first-order valence-electron chi connectivity index (χ1n) is 7.15. The molecule has 0 saturated heterocycles. The molecule has 0 aromatic rings. The van der Waals surface area contributed by atoms with Crippen LogP contribution in [0.1, 0.15) is 52.4 Å². The van der Waals surface area contributed by atoms with Crippen LogP contribution in [0.15, 0.2) is 0 Å². The Hall–Kier alpha value is -1.10. The summed E-state index contributed by atoms with van der Waals surface area (Å²) in [4.78, 5) is 23.2. The fourth-order valence-corrected chi connectivity index (χ4v) is 2.08. The highest BCUT2D eigenvalue weighted by Gasteiger charge is 2.14. The monoisotopic (exact) mass is 273 g/mol. The first kappa shape index (κ1) is 17.9. The number of carboxylic acid groups (broad SMARTS) is 2. The molecule has 0 saturated carbocycles. The van der Waals surface area contributed by atoms with Crippen molar-refractivity contribution in [2.75, 3.05) is 19.6 Å². The van der Waals surface area contributed by atoms with Gasteiger partial charge in [-0.15, -0.1) is 0 Å². The van der Waals surface area contributed by atoms with Crippen molar-refractivity contribution >= 4 is 11.9 Å². The molecule has 0 aliphatic rings. The molecule has 0 fully saturated rings. The van der Waals surface area contributed by atoms with E-state index < -0.39 is 11.9 Å². The molecule has 0 radical (unpaired) electrons. The zero-order valence-electron chi connectivity index (χ0n) is 12.1. The number of carboxylic acids is 2. The van der Waals surface area contributed by atoms with Gasteiger partial charge in [0.15, 0.2) is 0 Å². The molecule has 0 bridgehead atoms. The molecule has 0 amide bonds. The van der Waals surface area contributed by atoms with E-state index in [2.05, 4.69) is 13.8 Å². The lowest BCUT2D eigenvalue weighted by Crippen LogP contribution is -2.33. The number of carbonyl (C=O) groups is 2. The van der Waals surface area contributed by atoms with Crippen molar-refractivity contribution in [2.45, 2.75) is 52.4 Å². The highest BCUT2D eigenvalue weighted by molar-refractivity contribution is 5.67. The summed E-state index contributed by atoms with van der Waals surface area (Å²) in [5.41, 5.74) is 0. The van der Waals surface area contributed by atoms with Crippen molar-refractivity contribution in [1.82, 2.24) is 4.90 Å². The van der Waals surface area contributed by atoms with Gasteiger partial charge in [0.1, 0.15) is 0 Å². The molecule has 1 atom stereocenters. The molecule has 2 N–H and O–H groups in total. The van der Waals surface area contributed by atoms with Crippen LogP contribution >= 0.6 is 0 Å². The van der Waals surface area contributed by atoms with Crippen LogP contribution in [0.4, 0.5) is 0 Å². The van der Waals surface area contributed by atoms with E-state index >= 15 is 0 Å². The minimum atomic E-state index is -0.832. The van der Waals surface area contributed by atoms with Crippen molar-refractivity contribution in [1.29, 1.82) is 0 Å². The normalized spacial score (nSPS) is 12.6. The van der Waals surface area contributed by atoms with E-state index in [1.54, 1.807) is 0 Å². The highest BCUT2D eigenvalue weighted by Crippen LogP contribution is 2.14. The summed E-state index contributed by atoms with van der Waals surface area (Å²) in [5, 5.41) is 17.5. The fourth-order valence-electron chi connectivity index (χ4n) is 2.08. The van der Waals surface area contributed by atoms with Crippen LogP contribution in [-0.2, 0) is 9.59 Å². The Balaban J connectivity index is 4.26. The first-order chi connectivity index (χ1) is 8.99. The van der Waals surface area contributed by atoms with Crippen LogP contribution < -0.4 is 0 Å². The SMILES string of the molecule is CCCC[C@@H](CC)CN(CCC(=O)O)CCC(=O)O. The maximum absolute atomic E-state index is 10.6. The van der Waals surface area contributed by atoms with Crippen molar-refractivity contribution in [3.63, 3.8) is 0 Å².